The van der Waals surface area contributed by atoms with Gasteiger partial charge < -0.3 is 20.4 Å². The molecule has 2 atom stereocenters. The van der Waals surface area contributed by atoms with Gasteiger partial charge in [-0.15, -0.1) is 0 Å². The van der Waals surface area contributed by atoms with Crippen LogP contribution in [0.3, 0.4) is 0 Å². The van der Waals surface area contributed by atoms with Crippen molar-refractivity contribution in [3.63, 3.8) is 0 Å². The molecule has 0 amide bonds. The Labute approximate surface area is 94.5 Å². The zero-order valence-electron chi connectivity index (χ0n) is 9.59. The summed E-state index contributed by atoms with van der Waals surface area (Å²) in [5.41, 5.74) is 0. The van der Waals surface area contributed by atoms with Gasteiger partial charge in [0.25, 0.3) is 0 Å². The zero-order valence-corrected chi connectivity index (χ0v) is 9.59. The first kappa shape index (κ1) is 17.3. The van der Waals surface area contributed by atoms with Crippen molar-refractivity contribution in [2.45, 2.75) is 51.7 Å². The fraction of sp³-hybridized carbons (Fsp3) is 0.800. The zero-order chi connectivity index (χ0) is 13.1. The minimum Gasteiger partial charge on any atom is -0.481 e. The molecule has 0 fully saturated rings. The van der Waals surface area contributed by atoms with E-state index in [0.29, 0.717) is 19.3 Å². The van der Waals surface area contributed by atoms with E-state index in [9.17, 15) is 9.59 Å². The number of rotatable bonds is 6. The molecule has 0 aromatic carbocycles. The lowest BCUT2D eigenvalue weighted by atomic mass is 10.2. The number of carboxylic acid groups (broad SMARTS) is 2. The third kappa shape index (κ3) is 12.9. The molecular weight excluding hydrogens is 216 g/mol. The van der Waals surface area contributed by atoms with Gasteiger partial charge in [-0.05, 0) is 12.8 Å². The van der Waals surface area contributed by atoms with E-state index in [1.165, 1.54) is 0 Å². The Kier molecular flexibility index (Phi) is 11.2. The van der Waals surface area contributed by atoms with Gasteiger partial charge in [0.2, 0.25) is 0 Å². The highest BCUT2D eigenvalue weighted by Gasteiger charge is 2.09. The predicted molar refractivity (Wildman–Crippen MR) is 57.1 cm³/mol. The lowest BCUT2D eigenvalue weighted by Crippen LogP contribution is -2.18. The molecule has 0 aliphatic heterocycles. The number of hydrogen-bond acceptors (Lipinski definition) is 4. The van der Waals surface area contributed by atoms with Crippen LogP contribution in [-0.4, -0.2) is 44.6 Å². The van der Waals surface area contributed by atoms with E-state index in [4.69, 9.17) is 20.4 Å². The normalized spacial score (nSPS) is 13.2. The third-order valence-corrected chi connectivity index (χ3v) is 1.73. The van der Waals surface area contributed by atoms with Crippen molar-refractivity contribution >= 4 is 11.9 Å². The Bertz CT molecular complexity index is 203. The fourth-order valence-electron chi connectivity index (χ4n) is 0.743. The van der Waals surface area contributed by atoms with Gasteiger partial charge in [-0.1, -0.05) is 20.3 Å². The molecule has 6 heteroatoms. The molecule has 0 rings (SSSR count). The minimum atomic E-state index is -1.17. The Balaban J connectivity index is 0. The van der Waals surface area contributed by atoms with Gasteiger partial charge in [0, 0.05) is 0 Å². The van der Waals surface area contributed by atoms with Crippen LogP contribution >= 0.6 is 0 Å². The van der Waals surface area contributed by atoms with E-state index in [0.717, 1.165) is 0 Å². The molecule has 0 aliphatic rings. The van der Waals surface area contributed by atoms with E-state index in [-0.39, 0.29) is 6.42 Å². The molecular formula is C10H20O6. The van der Waals surface area contributed by atoms with Gasteiger partial charge in [-0.25, -0.2) is 4.79 Å². The van der Waals surface area contributed by atoms with Crippen molar-refractivity contribution in [2.75, 3.05) is 0 Å². The molecule has 0 radical (unpaired) electrons. The highest BCUT2D eigenvalue weighted by Crippen LogP contribution is 1.94. The molecule has 0 spiro atoms. The van der Waals surface area contributed by atoms with Gasteiger partial charge in [0.05, 0.1) is 12.5 Å². The molecule has 0 aliphatic carbocycles. The van der Waals surface area contributed by atoms with Crippen molar-refractivity contribution in [3.8, 4) is 0 Å². The lowest BCUT2D eigenvalue weighted by Gasteiger charge is -2.00. The molecule has 2 unspecified atom stereocenters. The number of aliphatic hydroxyl groups excluding tert-OH is 2. The molecule has 0 saturated carbocycles. The molecule has 0 heterocycles. The van der Waals surface area contributed by atoms with Crippen molar-refractivity contribution in [2.24, 2.45) is 0 Å². The summed E-state index contributed by atoms with van der Waals surface area (Å²) in [6.07, 6.45) is -0.432. The molecule has 96 valence electrons. The van der Waals surface area contributed by atoms with Gasteiger partial charge >= 0.3 is 11.9 Å². The maximum Gasteiger partial charge on any atom is 0.332 e. The highest BCUT2D eigenvalue weighted by atomic mass is 16.4. The summed E-state index contributed by atoms with van der Waals surface area (Å²) < 4.78 is 0. The largest absolute Gasteiger partial charge is 0.481 e. The maximum absolute atomic E-state index is 9.84. The Morgan fingerprint density at radius 3 is 1.75 bits per heavy atom. The second-order valence-corrected chi connectivity index (χ2v) is 3.30. The van der Waals surface area contributed by atoms with Crippen molar-refractivity contribution in [1.29, 1.82) is 0 Å². The first-order valence-electron chi connectivity index (χ1n) is 5.15. The first-order valence-corrected chi connectivity index (χ1v) is 5.15. The number of carbonyl (C=O) groups is 2. The predicted octanol–water partition coefficient (Wildman–Crippen LogP) is 0.464. The second-order valence-electron chi connectivity index (χ2n) is 3.30. The summed E-state index contributed by atoms with van der Waals surface area (Å²) in [5.74, 6) is -2.08. The molecule has 0 aromatic heterocycles. The standard InChI is InChI=1S/2C5H10O3/c1-2-4(6)3-5(7)8;1-2-3-4(6)5(7)8/h2*4,6H,2-3H2,1H3,(H,7,8). The van der Waals surface area contributed by atoms with Gasteiger partial charge in [-0.2, -0.15) is 0 Å². The van der Waals surface area contributed by atoms with Gasteiger partial charge in [-0.3, -0.25) is 4.79 Å². The molecule has 0 bridgehead atoms. The summed E-state index contributed by atoms with van der Waals surface area (Å²) in [7, 11) is 0. The molecule has 6 nitrogen and oxygen atoms in total. The van der Waals surface area contributed by atoms with E-state index >= 15 is 0 Å². The van der Waals surface area contributed by atoms with Crippen LogP contribution in [0.25, 0.3) is 0 Å². The molecule has 0 aromatic rings. The molecule has 4 N–H and O–H groups in total. The topological polar surface area (TPSA) is 115 Å². The summed E-state index contributed by atoms with van der Waals surface area (Å²) in [6.45, 7) is 3.57. The van der Waals surface area contributed by atoms with Crippen LogP contribution in [0.2, 0.25) is 0 Å². The van der Waals surface area contributed by atoms with Crippen molar-refractivity contribution < 1.29 is 30.0 Å². The van der Waals surface area contributed by atoms with Crippen LogP contribution in [0.1, 0.15) is 39.5 Å². The Hall–Kier alpha value is -1.14. The molecule has 16 heavy (non-hydrogen) atoms. The number of aliphatic carboxylic acids is 2. The fourth-order valence-corrected chi connectivity index (χ4v) is 0.743. The summed E-state index contributed by atoms with van der Waals surface area (Å²) in [5, 5.41) is 33.3. The van der Waals surface area contributed by atoms with Crippen LogP contribution in [0.15, 0.2) is 0 Å². The lowest BCUT2D eigenvalue weighted by molar-refractivity contribution is -0.147. The first-order chi connectivity index (χ1) is 7.34. The van der Waals surface area contributed by atoms with Crippen LogP contribution in [0.4, 0.5) is 0 Å². The van der Waals surface area contributed by atoms with Crippen LogP contribution < -0.4 is 0 Å². The highest BCUT2D eigenvalue weighted by molar-refractivity contribution is 5.71. The van der Waals surface area contributed by atoms with Crippen LogP contribution in [0.5, 0.6) is 0 Å². The SMILES string of the molecule is CCC(O)CC(=O)O.CCCC(O)C(=O)O. The average Bonchev–Trinajstić information content (AvgIpc) is 2.18. The van der Waals surface area contributed by atoms with E-state index < -0.39 is 24.1 Å². The van der Waals surface area contributed by atoms with Crippen LogP contribution in [0, 0.1) is 0 Å². The Morgan fingerprint density at radius 2 is 1.62 bits per heavy atom. The van der Waals surface area contributed by atoms with Gasteiger partial charge in [0.1, 0.15) is 0 Å². The summed E-state index contributed by atoms with van der Waals surface area (Å²) in [6, 6.07) is 0. The van der Waals surface area contributed by atoms with E-state index in [1.807, 2.05) is 6.92 Å². The van der Waals surface area contributed by atoms with Crippen LogP contribution in [-0.2, 0) is 9.59 Å². The number of carboxylic acids is 2. The van der Waals surface area contributed by atoms with Gasteiger partial charge in [0.15, 0.2) is 6.10 Å². The monoisotopic (exact) mass is 236 g/mol. The number of aliphatic hydroxyl groups is 2. The third-order valence-electron chi connectivity index (χ3n) is 1.73. The van der Waals surface area contributed by atoms with Crippen molar-refractivity contribution in [3.05, 3.63) is 0 Å². The number of hydrogen-bond donors (Lipinski definition) is 4. The smallest absolute Gasteiger partial charge is 0.332 e. The maximum atomic E-state index is 9.84. The summed E-state index contributed by atoms with van der Waals surface area (Å²) in [4.78, 5) is 19.6. The van der Waals surface area contributed by atoms with E-state index in [1.54, 1.807) is 6.92 Å². The average molecular weight is 236 g/mol. The Morgan fingerprint density at radius 1 is 1.12 bits per heavy atom. The minimum absolute atomic E-state index is 0.142. The van der Waals surface area contributed by atoms with Crippen molar-refractivity contribution in [1.82, 2.24) is 0 Å². The molecule has 0 saturated heterocycles. The quantitative estimate of drug-likeness (QED) is 0.532. The second kappa shape index (κ2) is 10.4. The van der Waals surface area contributed by atoms with E-state index in [2.05, 4.69) is 0 Å². The summed E-state index contributed by atoms with van der Waals surface area (Å²) >= 11 is 0.